The van der Waals surface area contributed by atoms with Gasteiger partial charge in [-0.25, -0.2) is 0 Å². The van der Waals surface area contributed by atoms with Crippen LogP contribution >= 0.6 is 0 Å². The SMILES string of the molecule is C=CCC[C@@H](CCC(=O)N1CCCC1)OC(=O)C(C)(C)C. The van der Waals surface area contributed by atoms with E-state index in [4.69, 9.17) is 4.74 Å². The minimum Gasteiger partial charge on any atom is -0.462 e. The summed E-state index contributed by atoms with van der Waals surface area (Å²) in [5.41, 5.74) is -0.509. The van der Waals surface area contributed by atoms with Gasteiger partial charge >= 0.3 is 5.97 Å². The van der Waals surface area contributed by atoms with Gasteiger partial charge in [0.2, 0.25) is 5.91 Å². The molecule has 120 valence electrons. The van der Waals surface area contributed by atoms with Crippen molar-refractivity contribution in [3.8, 4) is 0 Å². The molecular weight excluding hydrogens is 266 g/mol. The lowest BCUT2D eigenvalue weighted by Gasteiger charge is -2.24. The van der Waals surface area contributed by atoms with Crippen LogP contribution in [-0.2, 0) is 14.3 Å². The number of rotatable bonds is 7. The van der Waals surface area contributed by atoms with Gasteiger partial charge in [-0.05, 0) is 52.9 Å². The van der Waals surface area contributed by atoms with Crippen LogP contribution in [0.15, 0.2) is 12.7 Å². The Bertz CT molecular complexity index is 365. The normalized spacial score (nSPS) is 16.6. The zero-order chi connectivity index (χ0) is 15.9. The van der Waals surface area contributed by atoms with Crippen LogP contribution in [-0.4, -0.2) is 36.0 Å². The van der Waals surface area contributed by atoms with Gasteiger partial charge in [-0.2, -0.15) is 0 Å². The van der Waals surface area contributed by atoms with Crippen LogP contribution in [0.2, 0.25) is 0 Å². The van der Waals surface area contributed by atoms with Crippen LogP contribution in [0.25, 0.3) is 0 Å². The minimum atomic E-state index is -0.509. The third-order valence-corrected chi connectivity index (χ3v) is 3.72. The molecule has 21 heavy (non-hydrogen) atoms. The summed E-state index contributed by atoms with van der Waals surface area (Å²) in [7, 11) is 0. The first kappa shape index (κ1) is 17.7. The summed E-state index contributed by atoms with van der Waals surface area (Å²) in [6.45, 7) is 11.0. The molecule has 0 saturated carbocycles. The molecule has 1 atom stereocenters. The molecule has 1 heterocycles. The maximum atomic E-state index is 12.1. The molecule has 4 heteroatoms. The highest BCUT2D eigenvalue weighted by atomic mass is 16.5. The standard InChI is InChI=1S/C17H29NO3/c1-5-6-9-14(21-16(20)17(2,3)4)10-11-15(19)18-12-7-8-13-18/h5,14H,1,6-13H2,2-4H3/t14-/m0/s1. The van der Waals surface area contributed by atoms with Gasteiger partial charge in [0.15, 0.2) is 0 Å². The molecule has 0 spiro atoms. The smallest absolute Gasteiger partial charge is 0.311 e. The van der Waals surface area contributed by atoms with Crippen LogP contribution in [0, 0.1) is 5.41 Å². The number of likely N-dealkylation sites (tertiary alicyclic amines) is 1. The fourth-order valence-electron chi connectivity index (χ4n) is 2.30. The Morgan fingerprint density at radius 3 is 2.38 bits per heavy atom. The molecule has 1 aliphatic heterocycles. The molecule has 1 aliphatic rings. The Kier molecular flexibility index (Phi) is 6.93. The van der Waals surface area contributed by atoms with Crippen LogP contribution in [0.4, 0.5) is 0 Å². The van der Waals surface area contributed by atoms with E-state index in [1.54, 1.807) is 0 Å². The van der Waals surface area contributed by atoms with E-state index in [1.807, 2.05) is 31.7 Å². The van der Waals surface area contributed by atoms with E-state index in [0.29, 0.717) is 12.8 Å². The van der Waals surface area contributed by atoms with Gasteiger partial charge in [0, 0.05) is 19.5 Å². The van der Waals surface area contributed by atoms with E-state index < -0.39 is 5.41 Å². The molecular formula is C17H29NO3. The summed E-state index contributed by atoms with van der Waals surface area (Å²) in [5, 5.41) is 0. The lowest BCUT2D eigenvalue weighted by molar-refractivity contribution is -0.159. The molecule has 0 unspecified atom stereocenters. The van der Waals surface area contributed by atoms with Crippen LogP contribution < -0.4 is 0 Å². The molecule has 0 radical (unpaired) electrons. The fourth-order valence-corrected chi connectivity index (χ4v) is 2.30. The van der Waals surface area contributed by atoms with Gasteiger partial charge < -0.3 is 9.64 Å². The van der Waals surface area contributed by atoms with Gasteiger partial charge in [-0.1, -0.05) is 6.08 Å². The number of carbonyl (C=O) groups is 2. The predicted molar refractivity (Wildman–Crippen MR) is 83.8 cm³/mol. The van der Waals surface area contributed by atoms with Crippen molar-refractivity contribution in [1.29, 1.82) is 0 Å². The van der Waals surface area contributed by atoms with Crippen LogP contribution in [0.5, 0.6) is 0 Å². The Balaban J connectivity index is 2.46. The number of hydrogen-bond acceptors (Lipinski definition) is 3. The number of esters is 1. The quantitative estimate of drug-likeness (QED) is 0.535. The first-order chi connectivity index (χ1) is 9.84. The Morgan fingerprint density at radius 1 is 1.24 bits per heavy atom. The third-order valence-electron chi connectivity index (χ3n) is 3.72. The van der Waals surface area contributed by atoms with E-state index in [2.05, 4.69) is 6.58 Å². The van der Waals surface area contributed by atoms with Crippen molar-refractivity contribution in [1.82, 2.24) is 4.90 Å². The summed E-state index contributed by atoms with van der Waals surface area (Å²) in [4.78, 5) is 26.0. The van der Waals surface area contributed by atoms with Crippen molar-refractivity contribution in [3.05, 3.63) is 12.7 Å². The summed E-state index contributed by atoms with van der Waals surface area (Å²) in [6, 6.07) is 0. The van der Waals surface area contributed by atoms with Crippen molar-refractivity contribution < 1.29 is 14.3 Å². The first-order valence-corrected chi connectivity index (χ1v) is 7.94. The van der Waals surface area contributed by atoms with Crippen LogP contribution in [0.1, 0.15) is 59.3 Å². The monoisotopic (exact) mass is 295 g/mol. The minimum absolute atomic E-state index is 0.183. The van der Waals surface area contributed by atoms with Crippen molar-refractivity contribution >= 4 is 11.9 Å². The molecule has 0 aromatic heterocycles. The largest absolute Gasteiger partial charge is 0.462 e. The summed E-state index contributed by atoms with van der Waals surface area (Å²) >= 11 is 0. The number of ether oxygens (including phenoxy) is 1. The summed E-state index contributed by atoms with van der Waals surface area (Å²) < 4.78 is 5.57. The molecule has 0 N–H and O–H groups in total. The molecule has 0 aromatic rings. The van der Waals surface area contributed by atoms with E-state index in [1.165, 1.54) is 0 Å². The van der Waals surface area contributed by atoms with E-state index in [-0.39, 0.29) is 18.0 Å². The number of carbonyl (C=O) groups excluding carboxylic acids is 2. The fraction of sp³-hybridized carbons (Fsp3) is 0.765. The highest BCUT2D eigenvalue weighted by Crippen LogP contribution is 2.20. The summed E-state index contributed by atoms with van der Waals surface area (Å²) in [6.07, 6.45) is 6.42. The molecule has 4 nitrogen and oxygen atoms in total. The van der Waals surface area contributed by atoms with Gasteiger partial charge in [0.1, 0.15) is 6.10 Å². The van der Waals surface area contributed by atoms with E-state index in [0.717, 1.165) is 38.8 Å². The third kappa shape index (κ3) is 6.32. The second kappa shape index (κ2) is 8.20. The average Bonchev–Trinajstić information content (AvgIpc) is 2.94. The zero-order valence-electron chi connectivity index (χ0n) is 13.7. The number of hydrogen-bond donors (Lipinski definition) is 0. The van der Waals surface area contributed by atoms with Gasteiger partial charge in [0.05, 0.1) is 5.41 Å². The Morgan fingerprint density at radius 2 is 1.86 bits per heavy atom. The molecule has 1 saturated heterocycles. The van der Waals surface area contributed by atoms with Crippen molar-refractivity contribution in [2.75, 3.05) is 13.1 Å². The number of amides is 1. The highest BCUT2D eigenvalue weighted by molar-refractivity contribution is 5.77. The van der Waals surface area contributed by atoms with Crippen molar-refractivity contribution in [3.63, 3.8) is 0 Å². The van der Waals surface area contributed by atoms with Gasteiger partial charge in [-0.3, -0.25) is 9.59 Å². The van der Waals surface area contributed by atoms with E-state index in [9.17, 15) is 9.59 Å². The van der Waals surface area contributed by atoms with Crippen molar-refractivity contribution in [2.45, 2.75) is 65.4 Å². The second-order valence-electron chi connectivity index (χ2n) is 6.77. The second-order valence-corrected chi connectivity index (χ2v) is 6.77. The van der Waals surface area contributed by atoms with Gasteiger partial charge in [-0.15, -0.1) is 6.58 Å². The molecule has 0 aliphatic carbocycles. The Labute approximate surface area is 128 Å². The predicted octanol–water partition coefficient (Wildman–Crippen LogP) is 3.31. The molecule has 1 fully saturated rings. The topological polar surface area (TPSA) is 46.6 Å². The molecule has 0 aromatic carbocycles. The highest BCUT2D eigenvalue weighted by Gasteiger charge is 2.27. The number of nitrogens with zero attached hydrogens (tertiary/aromatic N) is 1. The number of allylic oxidation sites excluding steroid dienone is 1. The van der Waals surface area contributed by atoms with Crippen molar-refractivity contribution in [2.24, 2.45) is 5.41 Å². The molecule has 1 rings (SSSR count). The summed E-state index contributed by atoms with van der Waals surface area (Å²) in [5.74, 6) is -0.0203. The first-order valence-electron chi connectivity index (χ1n) is 7.94. The maximum absolute atomic E-state index is 12.1. The average molecular weight is 295 g/mol. The Hall–Kier alpha value is -1.32. The van der Waals surface area contributed by atoms with E-state index >= 15 is 0 Å². The maximum Gasteiger partial charge on any atom is 0.311 e. The van der Waals surface area contributed by atoms with Crippen LogP contribution in [0.3, 0.4) is 0 Å². The zero-order valence-corrected chi connectivity index (χ0v) is 13.7. The van der Waals surface area contributed by atoms with Gasteiger partial charge in [0.25, 0.3) is 0 Å². The molecule has 0 bridgehead atoms. The molecule has 1 amide bonds. The lowest BCUT2D eigenvalue weighted by atomic mass is 9.97. The lowest BCUT2D eigenvalue weighted by Crippen LogP contribution is -2.31.